The fourth-order valence-corrected chi connectivity index (χ4v) is 5.20. The molecule has 0 heterocycles. The second-order valence-corrected chi connectivity index (χ2v) is 14.5. The number of benzene rings is 3. The summed E-state index contributed by atoms with van der Waals surface area (Å²) in [5, 5.41) is 0. The molecule has 0 aliphatic heterocycles. The third-order valence-corrected chi connectivity index (χ3v) is 8.20. The molecule has 0 fully saturated rings. The fraction of sp³-hybridized carbons (Fsp3) is 0.250. The molecule has 3 rings (SSSR count). The lowest BCUT2D eigenvalue weighted by Crippen LogP contribution is -2.15. The summed E-state index contributed by atoms with van der Waals surface area (Å²) in [5.41, 5.74) is 5.34. The van der Waals surface area contributed by atoms with Crippen LogP contribution in [0.2, 0.25) is 0 Å². The van der Waals surface area contributed by atoms with Crippen molar-refractivity contribution in [3.05, 3.63) is 161 Å². The molecule has 13 nitrogen and oxygen atoms in total. The SMILES string of the molecule is C=C(C)C(=O)OCc1cc(COC(=O)C(=C)C)cc(N(c2cc(COC(=O)C(=C)C)cc(COC(=O)C(=C)C)c2)c2cc(COC(=O)C(=C)C)cc(COC(=O)C(=C)C)c2)c1. The van der Waals surface area contributed by atoms with E-state index >= 15 is 0 Å². The van der Waals surface area contributed by atoms with Gasteiger partial charge in [0, 0.05) is 50.5 Å². The maximum absolute atomic E-state index is 12.5. The lowest BCUT2D eigenvalue weighted by molar-refractivity contribution is -0.141. The van der Waals surface area contributed by atoms with Crippen molar-refractivity contribution in [2.45, 2.75) is 81.2 Å². The van der Waals surface area contributed by atoms with E-state index in [1.807, 2.05) is 0 Å². The van der Waals surface area contributed by atoms with Crippen LogP contribution in [0.25, 0.3) is 0 Å². The van der Waals surface area contributed by atoms with Gasteiger partial charge in [0.15, 0.2) is 0 Å². The van der Waals surface area contributed by atoms with E-state index in [1.165, 1.54) is 41.5 Å². The van der Waals surface area contributed by atoms with Crippen molar-refractivity contribution in [3.8, 4) is 0 Å². The molecule has 0 unspecified atom stereocenters. The van der Waals surface area contributed by atoms with Gasteiger partial charge in [0.1, 0.15) is 39.6 Å². The zero-order valence-corrected chi connectivity index (χ0v) is 35.5. The molecule has 0 aliphatic rings. The van der Waals surface area contributed by atoms with E-state index in [0.29, 0.717) is 50.4 Å². The number of rotatable bonds is 21. The first-order valence-corrected chi connectivity index (χ1v) is 18.8. The second-order valence-electron chi connectivity index (χ2n) is 14.5. The van der Waals surface area contributed by atoms with Gasteiger partial charge in [0.25, 0.3) is 0 Å². The molecule has 320 valence electrons. The summed E-state index contributed by atoms with van der Waals surface area (Å²) in [6.45, 7) is 29.8. The van der Waals surface area contributed by atoms with Gasteiger partial charge in [-0.15, -0.1) is 0 Å². The predicted molar refractivity (Wildman–Crippen MR) is 229 cm³/mol. The van der Waals surface area contributed by atoms with Crippen LogP contribution in [0, 0.1) is 0 Å². The van der Waals surface area contributed by atoms with Gasteiger partial charge in [-0.2, -0.15) is 0 Å². The third kappa shape index (κ3) is 15.1. The Morgan fingerprint density at radius 3 is 0.607 bits per heavy atom. The van der Waals surface area contributed by atoms with Crippen molar-refractivity contribution >= 4 is 52.9 Å². The van der Waals surface area contributed by atoms with Crippen molar-refractivity contribution in [1.82, 2.24) is 0 Å². The van der Waals surface area contributed by atoms with Crippen LogP contribution in [-0.4, -0.2) is 35.8 Å². The first kappa shape index (κ1) is 48.1. The van der Waals surface area contributed by atoms with Gasteiger partial charge in [-0.3, -0.25) is 0 Å². The minimum Gasteiger partial charge on any atom is -0.457 e. The molecule has 3 aromatic rings. The maximum atomic E-state index is 12.5. The zero-order chi connectivity index (χ0) is 45.6. The molecule has 0 bridgehead atoms. The van der Waals surface area contributed by atoms with Crippen molar-refractivity contribution in [1.29, 1.82) is 0 Å². The Hall–Kier alpha value is -7.28. The number of carbonyl (C=O) groups excluding carboxylic acids is 6. The average Bonchev–Trinajstić information content (AvgIpc) is 3.20. The number of carbonyl (C=O) groups is 6. The first-order valence-electron chi connectivity index (χ1n) is 18.8. The van der Waals surface area contributed by atoms with Crippen LogP contribution in [-0.2, 0) is 96.8 Å². The summed E-state index contributed by atoms with van der Waals surface area (Å²) in [6, 6.07) is 15.5. The summed E-state index contributed by atoms with van der Waals surface area (Å²) in [7, 11) is 0. The van der Waals surface area contributed by atoms with E-state index < -0.39 is 35.8 Å². The Morgan fingerprint density at radius 2 is 0.475 bits per heavy atom. The Kier molecular flexibility index (Phi) is 17.5. The van der Waals surface area contributed by atoms with E-state index in [1.54, 1.807) is 59.5 Å². The molecule has 0 aromatic heterocycles. The zero-order valence-electron chi connectivity index (χ0n) is 35.5. The summed E-state index contributed by atoms with van der Waals surface area (Å²) >= 11 is 0. The molecule has 0 spiro atoms. The topological polar surface area (TPSA) is 161 Å². The van der Waals surface area contributed by atoms with Crippen LogP contribution in [0.15, 0.2) is 128 Å². The molecule has 0 amide bonds. The number of esters is 6. The number of hydrogen-bond acceptors (Lipinski definition) is 13. The van der Waals surface area contributed by atoms with Gasteiger partial charge < -0.3 is 33.3 Å². The first-order chi connectivity index (χ1) is 28.6. The highest BCUT2D eigenvalue weighted by atomic mass is 16.6. The lowest BCUT2D eigenvalue weighted by Gasteiger charge is -2.29. The van der Waals surface area contributed by atoms with E-state index in [9.17, 15) is 28.8 Å². The highest BCUT2D eigenvalue weighted by Crippen LogP contribution is 2.39. The lowest BCUT2D eigenvalue weighted by atomic mass is 10.0. The number of anilines is 3. The molecule has 0 N–H and O–H groups in total. The summed E-state index contributed by atoms with van der Waals surface area (Å²) in [6.07, 6.45) is 0. The van der Waals surface area contributed by atoms with Gasteiger partial charge in [-0.1, -0.05) is 39.5 Å². The average molecular weight is 834 g/mol. The molecule has 3 aromatic carbocycles. The summed E-state index contributed by atoms with van der Waals surface area (Å²) in [4.78, 5) is 77.0. The van der Waals surface area contributed by atoms with Gasteiger partial charge in [-0.25, -0.2) is 28.8 Å². The minimum atomic E-state index is -0.630. The van der Waals surface area contributed by atoms with Crippen molar-refractivity contribution in [2.24, 2.45) is 0 Å². The Bertz CT molecular complexity index is 1910. The van der Waals surface area contributed by atoms with Gasteiger partial charge in [0.2, 0.25) is 0 Å². The summed E-state index contributed by atoms with van der Waals surface area (Å²) < 4.78 is 33.1. The molecule has 0 saturated heterocycles. The third-order valence-electron chi connectivity index (χ3n) is 8.20. The van der Waals surface area contributed by atoms with Crippen LogP contribution in [0.1, 0.15) is 74.9 Å². The van der Waals surface area contributed by atoms with E-state index in [0.717, 1.165) is 0 Å². The highest BCUT2D eigenvalue weighted by Gasteiger charge is 2.21. The minimum absolute atomic E-state index is 0.182. The summed E-state index contributed by atoms with van der Waals surface area (Å²) in [5.74, 6) is -3.78. The highest BCUT2D eigenvalue weighted by molar-refractivity contribution is 5.89. The van der Waals surface area contributed by atoms with E-state index in [4.69, 9.17) is 28.4 Å². The molecule has 0 radical (unpaired) electrons. The van der Waals surface area contributed by atoms with Crippen LogP contribution in [0.4, 0.5) is 17.1 Å². The van der Waals surface area contributed by atoms with Crippen molar-refractivity contribution in [2.75, 3.05) is 4.90 Å². The maximum Gasteiger partial charge on any atom is 0.333 e. The molecule has 13 heteroatoms. The molecular formula is C48H51NO12. The van der Waals surface area contributed by atoms with Crippen LogP contribution >= 0.6 is 0 Å². The molecule has 0 saturated carbocycles. The largest absolute Gasteiger partial charge is 0.457 e. The van der Waals surface area contributed by atoms with Crippen LogP contribution in [0.3, 0.4) is 0 Å². The standard InChI is InChI=1S/C48H51NO12/c1-28(2)43(50)56-22-34-13-35(23-57-44(51)29(3)4)17-40(16-34)49(41-18-36(24-58-45(52)30(5)6)14-37(19-41)25-59-46(53)31(7)8)42-20-38(26-60-47(54)32(9)10)15-39(21-42)27-61-48(55)33(11)12/h13-21H,1,3,5,7,9,11,22-27H2,2,4,6,8,10,12H3. The van der Waals surface area contributed by atoms with Gasteiger partial charge >= 0.3 is 35.8 Å². The van der Waals surface area contributed by atoms with E-state index in [2.05, 4.69) is 39.5 Å². The van der Waals surface area contributed by atoms with Crippen LogP contribution < -0.4 is 4.90 Å². The molecule has 0 aliphatic carbocycles. The van der Waals surface area contributed by atoms with Gasteiger partial charge in [0.05, 0.1) is 0 Å². The molecular weight excluding hydrogens is 783 g/mol. The predicted octanol–water partition coefficient (Wildman–Crippen LogP) is 8.87. The van der Waals surface area contributed by atoms with E-state index in [-0.39, 0.29) is 73.1 Å². The van der Waals surface area contributed by atoms with Crippen LogP contribution in [0.5, 0.6) is 0 Å². The smallest absolute Gasteiger partial charge is 0.333 e. The normalized spacial score (nSPS) is 10.3. The molecule has 61 heavy (non-hydrogen) atoms. The molecule has 0 atom stereocenters. The Balaban J connectivity index is 2.44. The van der Waals surface area contributed by atoms with Crippen molar-refractivity contribution < 1.29 is 57.2 Å². The number of nitrogens with zero attached hydrogens (tertiary/aromatic N) is 1. The monoisotopic (exact) mass is 833 g/mol. The Labute approximate surface area is 356 Å². The van der Waals surface area contributed by atoms with Gasteiger partial charge in [-0.05, 0) is 130 Å². The fourth-order valence-electron chi connectivity index (χ4n) is 5.20. The number of hydrogen-bond donors (Lipinski definition) is 0. The quantitative estimate of drug-likeness (QED) is 0.0569. The Morgan fingerprint density at radius 1 is 0.328 bits per heavy atom. The second kappa shape index (κ2) is 22.2. The van der Waals surface area contributed by atoms with Crippen molar-refractivity contribution in [3.63, 3.8) is 0 Å². The number of ether oxygens (including phenoxy) is 6.